The molecule has 0 aromatic heterocycles. The van der Waals surface area contributed by atoms with E-state index >= 15 is 0 Å². The second kappa shape index (κ2) is 4.84. The quantitative estimate of drug-likeness (QED) is 0.606. The van der Waals surface area contributed by atoms with Crippen molar-refractivity contribution in [1.29, 1.82) is 0 Å². The Balaban J connectivity index is 0.00000196. The van der Waals surface area contributed by atoms with Gasteiger partial charge in [-0.05, 0) is 6.92 Å². The summed E-state index contributed by atoms with van der Waals surface area (Å²) >= 11 is 0. The second-order valence-corrected chi connectivity index (χ2v) is 2.64. The van der Waals surface area contributed by atoms with E-state index in [0.29, 0.717) is 0 Å². The van der Waals surface area contributed by atoms with E-state index in [1.165, 1.54) is 6.92 Å². The van der Waals surface area contributed by atoms with E-state index in [2.05, 4.69) is 0 Å². The SMILES string of the molecule is Cc1cc([N+](=O)[O-])cc([N+](=O)[O-])c1O.[Pt+2]. The van der Waals surface area contributed by atoms with Crippen LogP contribution >= 0.6 is 0 Å². The number of rotatable bonds is 2. The molecule has 0 aliphatic rings. The van der Waals surface area contributed by atoms with Gasteiger partial charge in [-0.1, -0.05) is 0 Å². The number of nitro groups is 2. The van der Waals surface area contributed by atoms with Crippen molar-refractivity contribution in [2.45, 2.75) is 6.92 Å². The number of aryl methyl sites for hydroxylation is 1. The van der Waals surface area contributed by atoms with Crippen LogP contribution in [0.25, 0.3) is 0 Å². The predicted octanol–water partition coefficient (Wildman–Crippen LogP) is 1.51. The molecule has 0 aliphatic heterocycles. The zero-order valence-corrected chi connectivity index (χ0v) is 9.72. The molecule has 0 radical (unpaired) electrons. The number of benzene rings is 1. The van der Waals surface area contributed by atoms with Crippen molar-refractivity contribution in [2.24, 2.45) is 0 Å². The summed E-state index contributed by atoms with van der Waals surface area (Å²) in [6.07, 6.45) is 0. The maximum atomic E-state index is 10.4. The molecule has 8 heteroatoms. The van der Waals surface area contributed by atoms with Crippen molar-refractivity contribution in [1.82, 2.24) is 0 Å². The molecule has 0 saturated heterocycles. The van der Waals surface area contributed by atoms with Crippen LogP contribution in [-0.4, -0.2) is 15.0 Å². The molecule has 82 valence electrons. The summed E-state index contributed by atoms with van der Waals surface area (Å²) in [7, 11) is 0. The summed E-state index contributed by atoms with van der Waals surface area (Å²) in [6, 6.07) is 1.80. The van der Waals surface area contributed by atoms with Crippen molar-refractivity contribution in [2.75, 3.05) is 0 Å². The van der Waals surface area contributed by atoms with Crippen LogP contribution in [0.2, 0.25) is 0 Å². The van der Waals surface area contributed by atoms with Gasteiger partial charge in [0.2, 0.25) is 0 Å². The monoisotopic (exact) mass is 393 g/mol. The van der Waals surface area contributed by atoms with Crippen LogP contribution in [0.1, 0.15) is 5.56 Å². The van der Waals surface area contributed by atoms with Crippen molar-refractivity contribution >= 4 is 11.4 Å². The Labute approximate surface area is 98.3 Å². The summed E-state index contributed by atoms with van der Waals surface area (Å²) in [5.74, 6) is -0.541. The van der Waals surface area contributed by atoms with E-state index in [9.17, 15) is 25.3 Å². The van der Waals surface area contributed by atoms with Gasteiger partial charge in [-0.2, -0.15) is 0 Å². The summed E-state index contributed by atoms with van der Waals surface area (Å²) in [5.41, 5.74) is -0.963. The molecule has 7 nitrogen and oxygen atoms in total. The summed E-state index contributed by atoms with van der Waals surface area (Å²) in [4.78, 5) is 19.1. The van der Waals surface area contributed by atoms with Crippen molar-refractivity contribution in [3.63, 3.8) is 0 Å². The molecular formula is C7H6N2O5Pt+2. The number of nitro benzene ring substituents is 2. The molecular weight excluding hydrogens is 387 g/mol. The minimum absolute atomic E-state index is 0. The fourth-order valence-corrected chi connectivity index (χ4v) is 0.987. The van der Waals surface area contributed by atoms with Gasteiger partial charge in [0.25, 0.3) is 5.69 Å². The van der Waals surface area contributed by atoms with Crippen LogP contribution in [0.3, 0.4) is 0 Å². The number of nitrogens with zero attached hydrogens (tertiary/aromatic N) is 2. The molecule has 1 rings (SSSR count). The Morgan fingerprint density at radius 3 is 2.13 bits per heavy atom. The van der Waals surface area contributed by atoms with Gasteiger partial charge in [0.15, 0.2) is 5.75 Å². The van der Waals surface area contributed by atoms with Crippen molar-refractivity contribution in [3.8, 4) is 5.75 Å². The van der Waals surface area contributed by atoms with Gasteiger partial charge >= 0.3 is 26.8 Å². The van der Waals surface area contributed by atoms with E-state index in [1.807, 2.05) is 0 Å². The van der Waals surface area contributed by atoms with Crippen molar-refractivity contribution in [3.05, 3.63) is 37.9 Å². The average molecular weight is 393 g/mol. The molecule has 0 unspecified atom stereocenters. The van der Waals surface area contributed by atoms with Gasteiger partial charge in [0, 0.05) is 11.6 Å². The van der Waals surface area contributed by atoms with E-state index in [1.54, 1.807) is 0 Å². The van der Waals surface area contributed by atoms with Crippen LogP contribution in [0.15, 0.2) is 12.1 Å². The first-order valence-electron chi connectivity index (χ1n) is 3.56. The molecule has 1 aromatic carbocycles. The van der Waals surface area contributed by atoms with E-state index in [4.69, 9.17) is 0 Å². The maximum absolute atomic E-state index is 10.4. The zero-order chi connectivity index (χ0) is 10.9. The average Bonchev–Trinajstić information content (AvgIpc) is 2.08. The Hall–Kier alpha value is -1.49. The fourth-order valence-electron chi connectivity index (χ4n) is 0.987. The molecule has 0 spiro atoms. The Morgan fingerprint density at radius 1 is 1.20 bits per heavy atom. The first kappa shape index (κ1) is 13.5. The molecule has 0 heterocycles. The van der Waals surface area contributed by atoms with Crippen LogP contribution < -0.4 is 0 Å². The second-order valence-electron chi connectivity index (χ2n) is 2.64. The van der Waals surface area contributed by atoms with E-state index < -0.39 is 27.0 Å². The minimum Gasteiger partial charge on any atom is -0.502 e. The van der Waals surface area contributed by atoms with E-state index in [0.717, 1.165) is 12.1 Å². The molecule has 0 saturated carbocycles. The first-order valence-corrected chi connectivity index (χ1v) is 3.56. The predicted molar refractivity (Wildman–Crippen MR) is 46.2 cm³/mol. The Morgan fingerprint density at radius 2 is 1.73 bits per heavy atom. The molecule has 1 N–H and O–H groups in total. The summed E-state index contributed by atoms with van der Waals surface area (Å²) < 4.78 is 0. The number of phenols is 1. The van der Waals surface area contributed by atoms with Crippen molar-refractivity contribution < 1.29 is 36.0 Å². The van der Waals surface area contributed by atoms with Gasteiger partial charge in [0.1, 0.15) is 0 Å². The third kappa shape index (κ3) is 2.73. The zero-order valence-electron chi connectivity index (χ0n) is 7.45. The number of hydrogen-bond donors (Lipinski definition) is 1. The molecule has 15 heavy (non-hydrogen) atoms. The van der Waals surface area contributed by atoms with Crippen LogP contribution in [0.4, 0.5) is 11.4 Å². The van der Waals surface area contributed by atoms with Gasteiger partial charge in [0.05, 0.1) is 15.9 Å². The standard InChI is InChI=1S/C7H6N2O5.Pt/c1-4-2-5(8(11)12)3-6(7(4)10)9(13)14;/h2-3,10H,1H3;/q;+2. The van der Waals surface area contributed by atoms with Gasteiger partial charge in [-0.3, -0.25) is 20.2 Å². The molecule has 0 aliphatic carbocycles. The van der Waals surface area contributed by atoms with Crippen LogP contribution in [0, 0.1) is 27.2 Å². The minimum atomic E-state index is -0.866. The van der Waals surface area contributed by atoms with Crippen LogP contribution in [-0.2, 0) is 21.1 Å². The molecule has 0 amide bonds. The third-order valence-corrected chi connectivity index (χ3v) is 1.67. The number of aromatic hydroxyl groups is 1. The first-order chi connectivity index (χ1) is 6.43. The molecule has 0 bridgehead atoms. The molecule has 1 aromatic rings. The smallest absolute Gasteiger partial charge is 0.502 e. The van der Waals surface area contributed by atoms with Gasteiger partial charge in [-0.25, -0.2) is 0 Å². The Kier molecular flexibility index (Phi) is 4.36. The number of phenolic OH excluding ortho intramolecular Hbond substituents is 1. The fraction of sp³-hybridized carbons (Fsp3) is 0.143. The molecule has 0 fully saturated rings. The van der Waals surface area contributed by atoms with Gasteiger partial charge in [-0.15, -0.1) is 0 Å². The number of non-ortho nitro benzene ring substituents is 1. The Bertz CT molecular complexity index is 420. The normalized spacial score (nSPS) is 9.13. The summed E-state index contributed by atoms with van der Waals surface area (Å²) in [6.45, 7) is 1.36. The summed E-state index contributed by atoms with van der Waals surface area (Å²) in [5, 5.41) is 29.9. The molecule has 0 atom stereocenters. The van der Waals surface area contributed by atoms with E-state index in [-0.39, 0.29) is 26.6 Å². The van der Waals surface area contributed by atoms with Crippen LogP contribution in [0.5, 0.6) is 5.75 Å². The van der Waals surface area contributed by atoms with Gasteiger partial charge < -0.3 is 5.11 Å². The maximum Gasteiger partial charge on any atom is 2.00 e. The number of hydrogen-bond acceptors (Lipinski definition) is 5. The third-order valence-electron chi connectivity index (χ3n) is 1.67. The topological polar surface area (TPSA) is 107 Å². The largest absolute Gasteiger partial charge is 2.00 e.